The molecule has 0 aliphatic carbocycles. The van der Waals surface area contributed by atoms with Gasteiger partial charge in [-0.1, -0.05) is 24.3 Å². The molecule has 3 rings (SSSR count). The highest BCUT2D eigenvalue weighted by Crippen LogP contribution is 2.31. The number of amides is 1. The van der Waals surface area contributed by atoms with Gasteiger partial charge in [0.2, 0.25) is 5.91 Å². The number of carbonyl (C=O) groups is 2. The molecule has 1 unspecified atom stereocenters. The fraction of sp³-hybridized carbons (Fsp3) is 0.476. The van der Waals surface area contributed by atoms with Crippen molar-refractivity contribution in [1.29, 1.82) is 0 Å². The fourth-order valence-corrected chi connectivity index (χ4v) is 3.27. The molecule has 7 heteroatoms. The van der Waals surface area contributed by atoms with E-state index < -0.39 is 11.5 Å². The molecule has 0 spiro atoms. The summed E-state index contributed by atoms with van der Waals surface area (Å²) in [6.45, 7) is 6.31. The van der Waals surface area contributed by atoms with E-state index in [-0.39, 0.29) is 18.3 Å². The second-order valence-electron chi connectivity index (χ2n) is 7.89. The van der Waals surface area contributed by atoms with Gasteiger partial charge in [-0.15, -0.1) is 0 Å². The van der Waals surface area contributed by atoms with Crippen molar-refractivity contribution in [2.75, 3.05) is 13.7 Å². The molecule has 0 fully saturated rings. The Bertz CT molecular complexity index is 852. The lowest BCUT2D eigenvalue weighted by molar-refractivity contribution is -0.158. The topological polar surface area (TPSA) is 81.9 Å². The molecule has 1 aliphatic rings. The Morgan fingerprint density at radius 1 is 1.29 bits per heavy atom. The molecule has 0 radical (unpaired) electrons. The molecular weight excluding hydrogens is 360 g/mol. The number of nitrogens with zero attached hydrogens (tertiary/aromatic N) is 2. The first kappa shape index (κ1) is 19.9. The predicted octanol–water partition coefficient (Wildman–Crippen LogP) is 3.08. The molecule has 2 aromatic rings. The van der Waals surface area contributed by atoms with Gasteiger partial charge in [-0.2, -0.15) is 0 Å². The van der Waals surface area contributed by atoms with E-state index in [2.05, 4.69) is 5.16 Å². The SMILES string of the molecule is COc1cc(CCC(=O)N2Cc3ccccc3C(C(=O)OC(C)(C)C)C2)on1. The summed E-state index contributed by atoms with van der Waals surface area (Å²) in [5.41, 5.74) is 1.32. The van der Waals surface area contributed by atoms with Crippen molar-refractivity contribution in [3.63, 3.8) is 0 Å². The summed E-state index contributed by atoms with van der Waals surface area (Å²) in [5.74, 6) is 0.139. The molecule has 28 heavy (non-hydrogen) atoms. The minimum Gasteiger partial charge on any atom is -0.479 e. The molecular formula is C21H26N2O5. The van der Waals surface area contributed by atoms with Crippen LogP contribution < -0.4 is 4.74 Å². The van der Waals surface area contributed by atoms with Crippen LogP contribution in [0.15, 0.2) is 34.9 Å². The summed E-state index contributed by atoms with van der Waals surface area (Å²) in [6.07, 6.45) is 0.687. The molecule has 0 saturated carbocycles. The minimum atomic E-state index is -0.580. The van der Waals surface area contributed by atoms with Crippen LogP contribution in [0.25, 0.3) is 0 Å². The van der Waals surface area contributed by atoms with Crippen LogP contribution in [0.1, 0.15) is 50.0 Å². The van der Waals surface area contributed by atoms with Crippen LogP contribution in [0.2, 0.25) is 0 Å². The van der Waals surface area contributed by atoms with Gasteiger partial charge >= 0.3 is 5.97 Å². The van der Waals surface area contributed by atoms with Crippen molar-refractivity contribution in [2.24, 2.45) is 0 Å². The molecule has 1 aromatic heterocycles. The van der Waals surface area contributed by atoms with Crippen LogP contribution in [0.4, 0.5) is 0 Å². The largest absolute Gasteiger partial charge is 0.479 e. The number of rotatable bonds is 5. The second-order valence-corrected chi connectivity index (χ2v) is 7.89. The zero-order chi connectivity index (χ0) is 20.3. The number of hydrogen-bond donors (Lipinski definition) is 0. The van der Waals surface area contributed by atoms with Crippen molar-refractivity contribution in [2.45, 2.75) is 51.7 Å². The van der Waals surface area contributed by atoms with Gasteiger partial charge in [-0.05, 0) is 37.1 Å². The van der Waals surface area contributed by atoms with E-state index in [1.54, 1.807) is 11.0 Å². The first-order valence-electron chi connectivity index (χ1n) is 9.35. The van der Waals surface area contributed by atoms with Crippen LogP contribution in [0.3, 0.4) is 0 Å². The third-order valence-corrected chi connectivity index (χ3v) is 4.57. The normalized spacial score (nSPS) is 16.4. The van der Waals surface area contributed by atoms with Crippen molar-refractivity contribution >= 4 is 11.9 Å². The van der Waals surface area contributed by atoms with Crippen LogP contribution in [-0.4, -0.2) is 41.2 Å². The molecule has 1 amide bonds. The summed E-state index contributed by atoms with van der Waals surface area (Å²) in [7, 11) is 1.51. The predicted molar refractivity (Wildman–Crippen MR) is 102 cm³/mol. The average Bonchev–Trinajstić information content (AvgIpc) is 3.12. The third-order valence-electron chi connectivity index (χ3n) is 4.57. The molecule has 150 valence electrons. The van der Waals surface area contributed by atoms with Gasteiger partial charge in [0.1, 0.15) is 11.4 Å². The Hall–Kier alpha value is -2.83. The molecule has 1 aliphatic heterocycles. The quantitative estimate of drug-likeness (QED) is 0.735. The lowest BCUT2D eigenvalue weighted by Crippen LogP contribution is -2.42. The standard InChI is InChI=1S/C21H26N2O5/c1-21(2,3)27-20(25)17-13-23(12-14-7-5-6-8-16(14)17)19(24)10-9-15-11-18(26-4)22-28-15/h5-8,11,17H,9-10,12-13H2,1-4H3. The second kappa shape index (κ2) is 8.04. The van der Waals surface area contributed by atoms with Gasteiger partial charge in [-0.25, -0.2) is 0 Å². The van der Waals surface area contributed by atoms with E-state index in [9.17, 15) is 9.59 Å². The Labute approximate surface area is 164 Å². The number of methoxy groups -OCH3 is 1. The monoisotopic (exact) mass is 386 g/mol. The lowest BCUT2D eigenvalue weighted by atomic mass is 9.89. The number of benzene rings is 1. The number of ether oxygens (including phenoxy) is 2. The Morgan fingerprint density at radius 2 is 2.04 bits per heavy atom. The average molecular weight is 386 g/mol. The van der Waals surface area contributed by atoms with Crippen molar-refractivity contribution in [3.8, 4) is 5.88 Å². The summed E-state index contributed by atoms with van der Waals surface area (Å²) in [5, 5.41) is 3.74. The number of carbonyl (C=O) groups excluding carboxylic acids is 2. The lowest BCUT2D eigenvalue weighted by Gasteiger charge is -2.35. The maximum absolute atomic E-state index is 12.8. The first-order valence-corrected chi connectivity index (χ1v) is 9.35. The molecule has 0 saturated heterocycles. The molecule has 1 aromatic carbocycles. The van der Waals surface area contributed by atoms with Gasteiger partial charge in [0.05, 0.1) is 13.0 Å². The third kappa shape index (κ3) is 4.71. The molecule has 1 atom stereocenters. The highest BCUT2D eigenvalue weighted by atomic mass is 16.6. The van der Waals surface area contributed by atoms with Crippen LogP contribution in [-0.2, 0) is 27.3 Å². The molecule has 2 heterocycles. The van der Waals surface area contributed by atoms with Gasteiger partial charge in [0.15, 0.2) is 0 Å². The van der Waals surface area contributed by atoms with E-state index in [4.69, 9.17) is 14.0 Å². The van der Waals surface area contributed by atoms with E-state index in [0.717, 1.165) is 11.1 Å². The number of esters is 1. The zero-order valence-corrected chi connectivity index (χ0v) is 16.7. The van der Waals surface area contributed by atoms with Crippen LogP contribution in [0.5, 0.6) is 5.88 Å². The summed E-state index contributed by atoms with van der Waals surface area (Å²) >= 11 is 0. The first-order chi connectivity index (χ1) is 13.3. The minimum absolute atomic E-state index is 0.0431. The highest BCUT2D eigenvalue weighted by Gasteiger charge is 2.35. The number of aromatic nitrogens is 1. The Kier molecular flexibility index (Phi) is 5.72. The molecule has 0 bridgehead atoms. The summed E-state index contributed by atoms with van der Waals surface area (Å²) < 4.78 is 15.7. The zero-order valence-electron chi connectivity index (χ0n) is 16.7. The van der Waals surface area contributed by atoms with Gasteiger partial charge < -0.3 is 18.9 Å². The van der Waals surface area contributed by atoms with E-state index in [1.807, 2.05) is 45.0 Å². The number of aryl methyl sites for hydroxylation is 1. The van der Waals surface area contributed by atoms with E-state index >= 15 is 0 Å². The van der Waals surface area contributed by atoms with Crippen molar-refractivity contribution in [3.05, 3.63) is 47.2 Å². The summed E-state index contributed by atoms with van der Waals surface area (Å²) in [4.78, 5) is 27.3. The fourth-order valence-electron chi connectivity index (χ4n) is 3.27. The maximum Gasteiger partial charge on any atom is 0.315 e. The molecule has 7 nitrogen and oxygen atoms in total. The Balaban J connectivity index is 1.72. The van der Waals surface area contributed by atoms with Crippen molar-refractivity contribution < 1.29 is 23.6 Å². The number of fused-ring (bicyclic) bond motifs is 1. The summed E-state index contributed by atoms with van der Waals surface area (Å²) in [6, 6.07) is 9.38. The maximum atomic E-state index is 12.8. The van der Waals surface area contributed by atoms with Crippen LogP contribution in [0, 0.1) is 0 Å². The Morgan fingerprint density at radius 3 is 2.71 bits per heavy atom. The van der Waals surface area contributed by atoms with Crippen molar-refractivity contribution in [1.82, 2.24) is 10.1 Å². The van der Waals surface area contributed by atoms with Gasteiger partial charge in [0, 0.05) is 32.0 Å². The van der Waals surface area contributed by atoms with E-state index in [1.165, 1.54) is 7.11 Å². The number of hydrogen-bond acceptors (Lipinski definition) is 6. The van der Waals surface area contributed by atoms with Gasteiger partial charge in [-0.3, -0.25) is 9.59 Å². The smallest absolute Gasteiger partial charge is 0.315 e. The van der Waals surface area contributed by atoms with E-state index in [0.29, 0.717) is 31.2 Å². The van der Waals surface area contributed by atoms with Gasteiger partial charge in [0.25, 0.3) is 5.88 Å². The van der Waals surface area contributed by atoms with Crippen LogP contribution >= 0.6 is 0 Å². The molecule has 0 N–H and O–H groups in total. The highest BCUT2D eigenvalue weighted by molar-refractivity contribution is 5.83.